The SMILES string of the molecule is Cc1c(Cl)c(C(=O)NN(C(N)=S)c2ccccc2)nn1C. The van der Waals surface area contributed by atoms with Crippen molar-refractivity contribution in [2.24, 2.45) is 12.8 Å². The molecule has 1 aromatic heterocycles. The summed E-state index contributed by atoms with van der Waals surface area (Å²) in [5, 5.41) is 5.69. The molecule has 0 atom stereocenters. The number of hydrazine groups is 1. The average Bonchev–Trinajstić information content (AvgIpc) is 2.73. The normalized spacial score (nSPS) is 10.2. The van der Waals surface area contributed by atoms with Gasteiger partial charge >= 0.3 is 0 Å². The number of thiocarbonyl (C=S) groups is 1. The van der Waals surface area contributed by atoms with E-state index >= 15 is 0 Å². The monoisotopic (exact) mass is 323 g/mol. The van der Waals surface area contributed by atoms with Crippen molar-refractivity contribution in [2.75, 3.05) is 5.01 Å². The van der Waals surface area contributed by atoms with Gasteiger partial charge < -0.3 is 5.73 Å². The Morgan fingerprint density at radius 3 is 2.52 bits per heavy atom. The van der Waals surface area contributed by atoms with Gasteiger partial charge in [0.2, 0.25) is 0 Å². The predicted molar refractivity (Wildman–Crippen MR) is 86.1 cm³/mol. The first kappa shape index (κ1) is 15.3. The lowest BCUT2D eigenvalue weighted by Crippen LogP contribution is -2.49. The standard InChI is InChI=1S/C13H14ClN5OS/c1-8-10(14)11(16-18(8)2)12(20)17-19(13(15)21)9-6-4-3-5-7-9/h3-7H,1-2H3,(H2,15,21)(H,17,20). The van der Waals surface area contributed by atoms with Gasteiger partial charge in [-0.25, -0.2) is 5.01 Å². The van der Waals surface area contributed by atoms with E-state index in [0.717, 1.165) is 0 Å². The molecule has 0 bridgehead atoms. The Hall–Kier alpha value is -2.12. The zero-order chi connectivity index (χ0) is 15.6. The average molecular weight is 324 g/mol. The molecule has 1 heterocycles. The van der Waals surface area contributed by atoms with Crippen LogP contribution in [0, 0.1) is 6.92 Å². The van der Waals surface area contributed by atoms with Crippen LogP contribution in [0.4, 0.5) is 5.69 Å². The van der Waals surface area contributed by atoms with E-state index in [4.69, 9.17) is 29.6 Å². The van der Waals surface area contributed by atoms with Crippen LogP contribution in [0.5, 0.6) is 0 Å². The van der Waals surface area contributed by atoms with E-state index in [1.54, 1.807) is 26.1 Å². The van der Waals surface area contributed by atoms with Gasteiger partial charge in [0.1, 0.15) is 0 Å². The molecule has 0 saturated heterocycles. The van der Waals surface area contributed by atoms with Crippen LogP contribution in [0.2, 0.25) is 5.02 Å². The first-order valence-corrected chi connectivity index (χ1v) is 6.85. The fourth-order valence-corrected chi connectivity index (χ4v) is 2.10. The number of nitrogens with zero attached hydrogens (tertiary/aromatic N) is 3. The quantitative estimate of drug-likeness (QED) is 0.651. The number of carbonyl (C=O) groups excluding carboxylic acids is 1. The summed E-state index contributed by atoms with van der Waals surface area (Å²) >= 11 is 11.1. The molecule has 6 nitrogen and oxygen atoms in total. The van der Waals surface area contributed by atoms with Crippen LogP contribution in [-0.4, -0.2) is 20.8 Å². The lowest BCUT2D eigenvalue weighted by Gasteiger charge is -2.22. The molecule has 8 heteroatoms. The zero-order valence-corrected chi connectivity index (χ0v) is 13.1. The second-order valence-corrected chi connectivity index (χ2v) is 5.12. The van der Waals surface area contributed by atoms with E-state index in [2.05, 4.69) is 10.5 Å². The number of carbonyl (C=O) groups is 1. The number of anilines is 1. The lowest BCUT2D eigenvalue weighted by atomic mass is 10.3. The van der Waals surface area contributed by atoms with Gasteiger partial charge in [0, 0.05) is 7.05 Å². The van der Waals surface area contributed by atoms with Crippen LogP contribution in [0.15, 0.2) is 30.3 Å². The molecule has 2 rings (SSSR count). The highest BCUT2D eigenvalue weighted by Crippen LogP contribution is 2.19. The Labute approximate surface area is 132 Å². The number of benzene rings is 1. The molecule has 0 unspecified atom stereocenters. The van der Waals surface area contributed by atoms with E-state index < -0.39 is 5.91 Å². The number of aryl methyl sites for hydroxylation is 1. The fourth-order valence-electron chi connectivity index (χ4n) is 1.71. The summed E-state index contributed by atoms with van der Waals surface area (Å²) in [5.41, 5.74) is 9.71. The van der Waals surface area contributed by atoms with Crippen molar-refractivity contribution in [3.05, 3.63) is 46.7 Å². The van der Waals surface area contributed by atoms with Crippen molar-refractivity contribution in [2.45, 2.75) is 6.92 Å². The van der Waals surface area contributed by atoms with Crippen LogP contribution < -0.4 is 16.2 Å². The number of nitrogens with two attached hydrogens (primary N) is 1. The number of nitrogens with one attached hydrogen (secondary N) is 1. The highest BCUT2D eigenvalue weighted by molar-refractivity contribution is 7.80. The molecule has 3 N–H and O–H groups in total. The molecule has 0 saturated carbocycles. The number of hydrogen-bond donors (Lipinski definition) is 2. The van der Waals surface area contributed by atoms with E-state index in [-0.39, 0.29) is 10.8 Å². The third kappa shape index (κ3) is 3.14. The maximum absolute atomic E-state index is 12.3. The number of para-hydroxylation sites is 1. The summed E-state index contributed by atoms with van der Waals surface area (Å²) in [4.78, 5) is 12.3. The molecule has 0 aliphatic carbocycles. The third-order valence-corrected chi connectivity index (χ3v) is 3.56. The van der Waals surface area contributed by atoms with Gasteiger partial charge in [-0.15, -0.1) is 0 Å². The third-order valence-electron chi connectivity index (χ3n) is 2.92. The smallest absolute Gasteiger partial charge is 0.292 e. The summed E-state index contributed by atoms with van der Waals surface area (Å²) in [5.74, 6) is -0.486. The summed E-state index contributed by atoms with van der Waals surface area (Å²) < 4.78 is 1.53. The van der Waals surface area contributed by atoms with Crippen molar-refractivity contribution in [3.8, 4) is 0 Å². The molecule has 0 fully saturated rings. The first-order chi connectivity index (χ1) is 9.91. The molecule has 2 aromatic rings. The highest BCUT2D eigenvalue weighted by Gasteiger charge is 2.21. The summed E-state index contributed by atoms with van der Waals surface area (Å²) in [6.45, 7) is 1.77. The molecule has 0 aliphatic heterocycles. The largest absolute Gasteiger partial charge is 0.374 e. The molecule has 21 heavy (non-hydrogen) atoms. The van der Waals surface area contributed by atoms with Crippen molar-refractivity contribution < 1.29 is 4.79 Å². The van der Waals surface area contributed by atoms with Crippen molar-refractivity contribution in [1.29, 1.82) is 0 Å². The van der Waals surface area contributed by atoms with Gasteiger partial charge in [0.05, 0.1) is 16.4 Å². The van der Waals surface area contributed by atoms with Gasteiger partial charge in [0.15, 0.2) is 10.8 Å². The van der Waals surface area contributed by atoms with E-state index in [1.165, 1.54) is 9.69 Å². The summed E-state index contributed by atoms with van der Waals surface area (Å²) in [7, 11) is 1.71. The maximum Gasteiger partial charge on any atom is 0.292 e. The minimum Gasteiger partial charge on any atom is -0.374 e. The maximum atomic E-state index is 12.3. The molecule has 0 radical (unpaired) electrons. The molecular weight excluding hydrogens is 310 g/mol. The highest BCUT2D eigenvalue weighted by atomic mass is 35.5. The van der Waals surface area contributed by atoms with Gasteiger partial charge in [-0.3, -0.25) is 14.9 Å². The van der Waals surface area contributed by atoms with E-state index in [9.17, 15) is 4.79 Å². The van der Waals surface area contributed by atoms with E-state index in [0.29, 0.717) is 16.4 Å². The van der Waals surface area contributed by atoms with Crippen LogP contribution in [-0.2, 0) is 7.05 Å². The Morgan fingerprint density at radius 2 is 2.05 bits per heavy atom. The second kappa shape index (κ2) is 6.11. The molecule has 0 spiro atoms. The van der Waals surface area contributed by atoms with Crippen molar-refractivity contribution in [3.63, 3.8) is 0 Å². The van der Waals surface area contributed by atoms with Gasteiger partial charge in [-0.2, -0.15) is 5.10 Å². The first-order valence-electron chi connectivity index (χ1n) is 6.06. The van der Waals surface area contributed by atoms with Crippen LogP contribution in [0.1, 0.15) is 16.2 Å². The Bertz CT molecular complexity index is 685. The molecular formula is C13H14ClN5OS. The molecule has 1 amide bonds. The van der Waals surface area contributed by atoms with Gasteiger partial charge in [-0.05, 0) is 31.3 Å². The van der Waals surface area contributed by atoms with Crippen LogP contribution in [0.3, 0.4) is 0 Å². The van der Waals surface area contributed by atoms with Gasteiger partial charge in [-0.1, -0.05) is 29.8 Å². The number of amides is 1. The minimum absolute atomic E-state index is 0.0123. The number of hydrogen-bond acceptors (Lipinski definition) is 3. The zero-order valence-electron chi connectivity index (χ0n) is 11.5. The summed E-state index contributed by atoms with van der Waals surface area (Å²) in [6, 6.07) is 9.01. The van der Waals surface area contributed by atoms with Crippen LogP contribution in [0.25, 0.3) is 0 Å². The molecule has 110 valence electrons. The number of halogens is 1. The Kier molecular flexibility index (Phi) is 4.44. The number of aromatic nitrogens is 2. The Balaban J connectivity index is 2.27. The topological polar surface area (TPSA) is 76.2 Å². The molecule has 0 aliphatic rings. The van der Waals surface area contributed by atoms with Crippen molar-refractivity contribution in [1.82, 2.24) is 15.2 Å². The Morgan fingerprint density at radius 1 is 1.43 bits per heavy atom. The van der Waals surface area contributed by atoms with Gasteiger partial charge in [0.25, 0.3) is 5.91 Å². The summed E-state index contributed by atoms with van der Waals surface area (Å²) in [6.07, 6.45) is 0. The second-order valence-electron chi connectivity index (χ2n) is 4.32. The fraction of sp³-hybridized carbons (Fsp3) is 0.154. The lowest BCUT2D eigenvalue weighted by molar-refractivity contribution is 0.0949. The van der Waals surface area contributed by atoms with Crippen LogP contribution >= 0.6 is 23.8 Å². The molecule has 1 aromatic carbocycles. The predicted octanol–water partition coefficient (Wildman–Crippen LogP) is 1.78. The van der Waals surface area contributed by atoms with Crippen molar-refractivity contribution >= 4 is 40.5 Å². The number of rotatable bonds is 2. The minimum atomic E-state index is -0.486. The van der Waals surface area contributed by atoms with E-state index in [1.807, 2.05) is 18.2 Å².